The lowest BCUT2D eigenvalue weighted by Crippen LogP contribution is -2.39. The fraction of sp³-hybridized carbons (Fsp3) is 0.571. The van der Waals surface area contributed by atoms with Crippen LogP contribution in [0.3, 0.4) is 0 Å². The predicted molar refractivity (Wildman–Crippen MR) is 73.2 cm³/mol. The van der Waals surface area contributed by atoms with Crippen molar-refractivity contribution in [3.63, 3.8) is 0 Å². The maximum atomic E-state index is 6.25. The van der Waals surface area contributed by atoms with Crippen LogP contribution in [-0.4, -0.2) is 26.4 Å². The molecule has 0 aliphatic heterocycles. The molecule has 1 aliphatic rings. The summed E-state index contributed by atoms with van der Waals surface area (Å²) in [7, 11) is 3.39. The molecule has 0 radical (unpaired) electrons. The van der Waals surface area contributed by atoms with E-state index in [1.807, 2.05) is 18.2 Å². The minimum atomic E-state index is -0.0186. The van der Waals surface area contributed by atoms with Crippen molar-refractivity contribution in [2.45, 2.75) is 31.4 Å². The maximum Gasteiger partial charge on any atom is 0.122 e. The summed E-state index contributed by atoms with van der Waals surface area (Å²) in [6, 6.07) is 5.60. The monoisotopic (exact) mass is 269 g/mol. The Morgan fingerprint density at radius 3 is 2.67 bits per heavy atom. The Labute approximate surface area is 113 Å². The van der Waals surface area contributed by atoms with Crippen molar-refractivity contribution in [1.82, 2.24) is 0 Å². The van der Waals surface area contributed by atoms with Crippen LogP contribution in [0.2, 0.25) is 5.02 Å². The van der Waals surface area contributed by atoms with Gasteiger partial charge in [-0.2, -0.15) is 0 Å². The normalized spacial score (nSPS) is 18.4. The number of methoxy groups -OCH3 is 2. The van der Waals surface area contributed by atoms with E-state index >= 15 is 0 Å². The van der Waals surface area contributed by atoms with Gasteiger partial charge in [-0.25, -0.2) is 0 Å². The molecule has 1 aromatic rings. The summed E-state index contributed by atoms with van der Waals surface area (Å²) in [5.74, 6) is 1.45. The molecule has 2 rings (SSSR count). The first-order chi connectivity index (χ1) is 8.65. The molecule has 0 bridgehead atoms. The fourth-order valence-electron chi connectivity index (χ4n) is 2.42. The highest BCUT2D eigenvalue weighted by Gasteiger charge is 2.35. The van der Waals surface area contributed by atoms with Gasteiger partial charge >= 0.3 is 0 Å². The number of nitrogens with two attached hydrogens (primary N) is 1. The largest absolute Gasteiger partial charge is 0.496 e. The third-order valence-corrected chi connectivity index (χ3v) is 3.71. The minimum absolute atomic E-state index is 0.0186. The zero-order chi connectivity index (χ0) is 13.1. The molecule has 1 aromatic carbocycles. The zero-order valence-corrected chi connectivity index (χ0v) is 11.6. The molecule has 18 heavy (non-hydrogen) atoms. The summed E-state index contributed by atoms with van der Waals surface area (Å²) < 4.78 is 10.8. The molecule has 0 spiro atoms. The highest BCUT2D eigenvalue weighted by molar-refractivity contribution is 6.30. The van der Waals surface area contributed by atoms with Crippen molar-refractivity contribution in [3.8, 4) is 5.75 Å². The van der Waals surface area contributed by atoms with Crippen molar-refractivity contribution in [1.29, 1.82) is 0 Å². The Morgan fingerprint density at radius 1 is 1.39 bits per heavy atom. The Kier molecular flexibility index (Phi) is 4.49. The third-order valence-electron chi connectivity index (χ3n) is 3.48. The van der Waals surface area contributed by atoms with Crippen LogP contribution >= 0.6 is 11.6 Å². The first kappa shape index (κ1) is 13.7. The Morgan fingerprint density at radius 2 is 2.11 bits per heavy atom. The van der Waals surface area contributed by atoms with Crippen molar-refractivity contribution in [2.24, 2.45) is 11.7 Å². The highest BCUT2D eigenvalue weighted by atomic mass is 35.5. The van der Waals surface area contributed by atoms with E-state index in [1.165, 1.54) is 12.8 Å². The lowest BCUT2D eigenvalue weighted by Gasteiger charge is -2.23. The Balaban J connectivity index is 2.09. The summed E-state index contributed by atoms with van der Waals surface area (Å²) in [5.41, 5.74) is 7.29. The first-order valence-electron chi connectivity index (χ1n) is 6.26. The molecule has 0 saturated heterocycles. The van der Waals surface area contributed by atoms with Gasteiger partial charge in [0.15, 0.2) is 0 Å². The molecule has 4 heteroatoms. The first-order valence-corrected chi connectivity index (χ1v) is 6.64. The summed E-state index contributed by atoms with van der Waals surface area (Å²) in [6.07, 6.45) is 3.30. The van der Waals surface area contributed by atoms with Gasteiger partial charge in [-0.1, -0.05) is 11.6 Å². The van der Waals surface area contributed by atoms with Gasteiger partial charge < -0.3 is 15.2 Å². The van der Waals surface area contributed by atoms with Gasteiger partial charge in [0.25, 0.3) is 0 Å². The summed E-state index contributed by atoms with van der Waals surface area (Å²) in [5, 5.41) is 0.707. The number of hydrogen-bond acceptors (Lipinski definition) is 3. The average molecular weight is 270 g/mol. The van der Waals surface area contributed by atoms with Gasteiger partial charge in [0.05, 0.1) is 13.2 Å². The van der Waals surface area contributed by atoms with Crippen molar-refractivity contribution >= 4 is 11.6 Å². The lowest BCUT2D eigenvalue weighted by atomic mass is 9.98. The number of hydrogen-bond donors (Lipinski definition) is 1. The number of halogens is 1. The minimum Gasteiger partial charge on any atom is -0.496 e. The van der Waals surface area contributed by atoms with Crippen LogP contribution in [0.5, 0.6) is 5.75 Å². The van der Waals surface area contributed by atoms with Crippen LogP contribution < -0.4 is 10.5 Å². The topological polar surface area (TPSA) is 44.5 Å². The molecule has 2 N–H and O–H groups in total. The standard InChI is InChI=1S/C14H20ClNO2/c1-17-13-6-5-11(15)7-10(13)8-12(16)14(18-2)9-3-4-9/h5-7,9,12,14H,3-4,8,16H2,1-2H3. The van der Waals surface area contributed by atoms with E-state index in [4.69, 9.17) is 26.8 Å². The Hall–Kier alpha value is -0.770. The van der Waals surface area contributed by atoms with E-state index in [-0.39, 0.29) is 12.1 Å². The molecule has 1 fully saturated rings. The molecule has 2 atom stereocenters. The van der Waals surface area contributed by atoms with Crippen molar-refractivity contribution in [3.05, 3.63) is 28.8 Å². The van der Waals surface area contributed by atoms with E-state index in [0.29, 0.717) is 10.9 Å². The SMILES string of the molecule is COc1ccc(Cl)cc1CC(N)C(OC)C1CC1. The van der Waals surface area contributed by atoms with E-state index in [0.717, 1.165) is 17.7 Å². The number of benzene rings is 1. The van der Waals surface area contributed by atoms with Gasteiger partial charge in [-0.3, -0.25) is 0 Å². The summed E-state index contributed by atoms with van der Waals surface area (Å²) >= 11 is 6.02. The molecule has 3 nitrogen and oxygen atoms in total. The van der Waals surface area contributed by atoms with Crippen molar-refractivity contribution in [2.75, 3.05) is 14.2 Å². The number of rotatable bonds is 6. The molecule has 2 unspecified atom stereocenters. The molecule has 100 valence electrons. The van der Waals surface area contributed by atoms with Crippen molar-refractivity contribution < 1.29 is 9.47 Å². The van der Waals surface area contributed by atoms with E-state index in [2.05, 4.69) is 0 Å². The molecule has 1 aliphatic carbocycles. The van der Waals surface area contributed by atoms with Gasteiger partial charge in [0.2, 0.25) is 0 Å². The fourth-order valence-corrected chi connectivity index (χ4v) is 2.61. The molecule has 0 amide bonds. The molecule has 1 saturated carbocycles. The maximum absolute atomic E-state index is 6.25. The van der Waals surface area contributed by atoms with Crippen LogP contribution in [0.25, 0.3) is 0 Å². The van der Waals surface area contributed by atoms with Gasteiger partial charge in [0.1, 0.15) is 5.75 Å². The average Bonchev–Trinajstić information content (AvgIpc) is 3.15. The summed E-state index contributed by atoms with van der Waals surface area (Å²) in [6.45, 7) is 0. The van der Waals surface area contributed by atoms with E-state index in [9.17, 15) is 0 Å². The van der Waals surface area contributed by atoms with Crippen LogP contribution in [0.1, 0.15) is 18.4 Å². The quantitative estimate of drug-likeness (QED) is 0.863. The zero-order valence-electron chi connectivity index (χ0n) is 10.9. The van der Waals surface area contributed by atoms with Crippen LogP contribution in [0.4, 0.5) is 0 Å². The van der Waals surface area contributed by atoms with E-state index in [1.54, 1.807) is 14.2 Å². The van der Waals surface area contributed by atoms with Crippen LogP contribution in [0.15, 0.2) is 18.2 Å². The Bertz CT molecular complexity index is 407. The van der Waals surface area contributed by atoms with Gasteiger partial charge in [0, 0.05) is 18.2 Å². The smallest absolute Gasteiger partial charge is 0.122 e. The van der Waals surface area contributed by atoms with Crippen LogP contribution in [0, 0.1) is 5.92 Å². The van der Waals surface area contributed by atoms with Gasteiger partial charge in [-0.15, -0.1) is 0 Å². The highest BCUT2D eigenvalue weighted by Crippen LogP contribution is 2.36. The van der Waals surface area contributed by atoms with Crippen LogP contribution in [-0.2, 0) is 11.2 Å². The second-order valence-corrected chi connectivity index (χ2v) is 5.30. The molecule has 0 heterocycles. The molecular weight excluding hydrogens is 250 g/mol. The second kappa shape index (κ2) is 5.91. The molecular formula is C14H20ClNO2. The second-order valence-electron chi connectivity index (χ2n) is 4.86. The third kappa shape index (κ3) is 3.16. The summed E-state index contributed by atoms with van der Waals surface area (Å²) in [4.78, 5) is 0. The van der Waals surface area contributed by atoms with Gasteiger partial charge in [-0.05, 0) is 48.9 Å². The number of ether oxygens (including phenoxy) is 2. The molecule has 0 aromatic heterocycles. The van der Waals surface area contributed by atoms with E-state index < -0.39 is 0 Å². The lowest BCUT2D eigenvalue weighted by molar-refractivity contribution is 0.0625. The predicted octanol–water partition coefficient (Wildman–Crippen LogP) is 2.64.